The van der Waals surface area contributed by atoms with Crippen LogP contribution < -0.4 is 5.73 Å². The van der Waals surface area contributed by atoms with E-state index >= 15 is 0 Å². The molecule has 0 unspecified atom stereocenters. The van der Waals surface area contributed by atoms with E-state index in [0.717, 1.165) is 16.8 Å². The van der Waals surface area contributed by atoms with E-state index in [0.29, 0.717) is 5.89 Å². The number of hydrogen-bond acceptors (Lipinski definition) is 4. The molecule has 0 saturated carbocycles. The molecule has 72 valence electrons. The molecule has 1 heterocycles. The van der Waals surface area contributed by atoms with Crippen LogP contribution in [-0.4, -0.2) is 10.2 Å². The van der Waals surface area contributed by atoms with Crippen LogP contribution in [0.2, 0.25) is 0 Å². The van der Waals surface area contributed by atoms with Gasteiger partial charge in [-0.05, 0) is 42.9 Å². The van der Waals surface area contributed by atoms with E-state index in [1.807, 2.05) is 25.1 Å². The van der Waals surface area contributed by atoms with Gasteiger partial charge in [0.15, 0.2) is 0 Å². The normalized spacial score (nSPS) is 10.4. The second-order valence-electron chi connectivity index (χ2n) is 2.99. The van der Waals surface area contributed by atoms with E-state index in [-0.39, 0.29) is 4.84 Å². The van der Waals surface area contributed by atoms with Crippen LogP contribution in [-0.2, 0) is 0 Å². The topological polar surface area (TPSA) is 67.8 Å². The molecular formula is C9H9N3OS. The molecule has 0 aliphatic heterocycles. The first kappa shape index (κ1) is 8.96. The Morgan fingerprint density at radius 1 is 1.50 bits per heavy atom. The summed E-state index contributed by atoms with van der Waals surface area (Å²) in [7, 11) is 0. The van der Waals surface area contributed by atoms with Crippen molar-refractivity contribution >= 4 is 17.9 Å². The molecule has 1 aromatic carbocycles. The average Bonchev–Trinajstić information content (AvgIpc) is 2.57. The molecule has 0 saturated heterocycles. The summed E-state index contributed by atoms with van der Waals surface area (Å²) in [6, 6.07) is 5.57. The minimum Gasteiger partial charge on any atom is -0.409 e. The minimum absolute atomic E-state index is 0.273. The van der Waals surface area contributed by atoms with Gasteiger partial charge in [-0.15, -0.1) is 5.10 Å². The Labute approximate surface area is 85.8 Å². The molecule has 0 atom stereocenters. The van der Waals surface area contributed by atoms with Crippen molar-refractivity contribution in [2.45, 2.75) is 6.92 Å². The molecule has 5 heteroatoms. The van der Waals surface area contributed by atoms with Gasteiger partial charge in [0, 0.05) is 11.3 Å². The van der Waals surface area contributed by atoms with Crippen molar-refractivity contribution in [3.63, 3.8) is 0 Å². The van der Waals surface area contributed by atoms with Crippen LogP contribution in [0.15, 0.2) is 22.6 Å². The maximum absolute atomic E-state index is 5.69. The van der Waals surface area contributed by atoms with Crippen LogP contribution in [0.5, 0.6) is 0 Å². The Balaban J connectivity index is 2.52. The Morgan fingerprint density at radius 2 is 2.29 bits per heavy atom. The number of aromatic nitrogens is 2. The van der Waals surface area contributed by atoms with E-state index in [1.54, 1.807) is 0 Å². The molecule has 0 radical (unpaired) electrons. The highest BCUT2D eigenvalue weighted by molar-refractivity contribution is 7.71. The number of aromatic amines is 1. The van der Waals surface area contributed by atoms with Crippen LogP contribution in [0, 0.1) is 11.8 Å². The summed E-state index contributed by atoms with van der Waals surface area (Å²) < 4.78 is 5.17. The van der Waals surface area contributed by atoms with E-state index in [4.69, 9.17) is 22.4 Å². The van der Waals surface area contributed by atoms with Crippen molar-refractivity contribution in [1.82, 2.24) is 10.2 Å². The van der Waals surface area contributed by atoms with Gasteiger partial charge in [-0.3, -0.25) is 0 Å². The van der Waals surface area contributed by atoms with Gasteiger partial charge in [0.2, 0.25) is 5.89 Å². The lowest BCUT2D eigenvalue weighted by Crippen LogP contribution is -1.89. The van der Waals surface area contributed by atoms with Gasteiger partial charge in [0.25, 0.3) is 4.84 Å². The maximum atomic E-state index is 5.69. The highest BCUT2D eigenvalue weighted by atomic mass is 32.1. The number of nitrogen functional groups attached to an aromatic ring is 1. The predicted octanol–water partition coefficient (Wildman–Crippen LogP) is 2.29. The minimum atomic E-state index is 0.273. The monoisotopic (exact) mass is 207 g/mol. The first-order valence-electron chi connectivity index (χ1n) is 4.09. The Bertz CT molecular complexity index is 515. The predicted molar refractivity (Wildman–Crippen MR) is 56.3 cm³/mol. The first-order valence-corrected chi connectivity index (χ1v) is 4.49. The first-order chi connectivity index (χ1) is 6.66. The summed E-state index contributed by atoms with van der Waals surface area (Å²) in [5, 5.41) is 6.49. The molecule has 0 amide bonds. The summed E-state index contributed by atoms with van der Waals surface area (Å²) >= 11 is 4.78. The fraction of sp³-hybridized carbons (Fsp3) is 0.111. The quantitative estimate of drug-likeness (QED) is 0.556. The molecular weight excluding hydrogens is 198 g/mol. The summed E-state index contributed by atoms with van der Waals surface area (Å²) in [4.78, 5) is 0.273. The van der Waals surface area contributed by atoms with Gasteiger partial charge >= 0.3 is 0 Å². The van der Waals surface area contributed by atoms with Crippen LogP contribution in [0.3, 0.4) is 0 Å². The molecule has 2 rings (SSSR count). The van der Waals surface area contributed by atoms with Gasteiger partial charge in [-0.1, -0.05) is 0 Å². The summed E-state index contributed by atoms with van der Waals surface area (Å²) in [6.07, 6.45) is 0. The Kier molecular flexibility index (Phi) is 2.09. The smallest absolute Gasteiger partial charge is 0.284 e. The lowest BCUT2D eigenvalue weighted by molar-refractivity contribution is 0.552. The number of nitrogens with one attached hydrogen (secondary N) is 1. The molecule has 3 N–H and O–H groups in total. The zero-order chi connectivity index (χ0) is 10.1. The molecule has 2 aromatic rings. The Morgan fingerprint density at radius 3 is 2.86 bits per heavy atom. The van der Waals surface area contributed by atoms with Crippen LogP contribution in [0.1, 0.15) is 5.56 Å². The Hall–Kier alpha value is -1.62. The van der Waals surface area contributed by atoms with Crippen LogP contribution in [0.25, 0.3) is 11.5 Å². The SMILES string of the molecule is Cc1cc(-c2n[nH]c(=S)o2)ccc1N. The molecule has 1 aromatic heterocycles. The van der Waals surface area contributed by atoms with Gasteiger partial charge in [0.05, 0.1) is 0 Å². The fourth-order valence-electron chi connectivity index (χ4n) is 1.16. The summed E-state index contributed by atoms with van der Waals surface area (Å²) in [5.74, 6) is 0.484. The van der Waals surface area contributed by atoms with Gasteiger partial charge in [-0.25, -0.2) is 5.10 Å². The molecule has 14 heavy (non-hydrogen) atoms. The molecule has 0 fully saturated rings. The molecule has 0 aliphatic rings. The van der Waals surface area contributed by atoms with Gasteiger partial charge < -0.3 is 10.2 Å². The number of H-pyrrole nitrogens is 1. The summed E-state index contributed by atoms with van der Waals surface area (Å²) in [6.45, 7) is 1.93. The lowest BCUT2D eigenvalue weighted by atomic mass is 10.1. The van der Waals surface area contributed by atoms with Crippen molar-refractivity contribution < 1.29 is 4.42 Å². The number of nitrogens with two attached hydrogens (primary N) is 1. The molecule has 4 nitrogen and oxygen atoms in total. The third-order valence-electron chi connectivity index (χ3n) is 1.95. The third kappa shape index (κ3) is 1.54. The third-order valence-corrected chi connectivity index (χ3v) is 2.13. The van der Waals surface area contributed by atoms with E-state index in [9.17, 15) is 0 Å². The molecule has 0 aliphatic carbocycles. The van der Waals surface area contributed by atoms with Crippen molar-refractivity contribution in [3.8, 4) is 11.5 Å². The zero-order valence-electron chi connectivity index (χ0n) is 7.57. The maximum Gasteiger partial charge on any atom is 0.284 e. The summed E-state index contributed by atoms with van der Waals surface area (Å²) in [5.41, 5.74) is 8.30. The zero-order valence-corrected chi connectivity index (χ0v) is 8.39. The highest BCUT2D eigenvalue weighted by Gasteiger charge is 2.04. The highest BCUT2D eigenvalue weighted by Crippen LogP contribution is 2.21. The second kappa shape index (κ2) is 3.26. The van der Waals surface area contributed by atoms with Crippen LogP contribution in [0.4, 0.5) is 5.69 Å². The van der Waals surface area contributed by atoms with Crippen LogP contribution >= 0.6 is 12.2 Å². The molecule has 0 spiro atoms. The van der Waals surface area contributed by atoms with E-state index < -0.39 is 0 Å². The van der Waals surface area contributed by atoms with E-state index in [2.05, 4.69) is 10.2 Å². The van der Waals surface area contributed by atoms with Gasteiger partial charge in [-0.2, -0.15) is 0 Å². The fourth-order valence-corrected chi connectivity index (χ4v) is 1.29. The number of nitrogens with zero attached hydrogens (tertiary/aromatic N) is 1. The standard InChI is InChI=1S/C9H9N3OS/c1-5-4-6(2-3-7(5)10)8-11-12-9(14)13-8/h2-4H,10H2,1H3,(H,12,14). The van der Waals surface area contributed by atoms with Crippen molar-refractivity contribution in [1.29, 1.82) is 0 Å². The lowest BCUT2D eigenvalue weighted by Gasteiger charge is -2.00. The van der Waals surface area contributed by atoms with Crippen molar-refractivity contribution in [2.24, 2.45) is 0 Å². The number of aryl methyl sites for hydroxylation is 1. The average molecular weight is 207 g/mol. The number of anilines is 1. The number of benzene rings is 1. The van der Waals surface area contributed by atoms with E-state index in [1.165, 1.54) is 0 Å². The second-order valence-corrected chi connectivity index (χ2v) is 3.36. The molecule has 0 bridgehead atoms. The van der Waals surface area contributed by atoms with Crippen molar-refractivity contribution in [3.05, 3.63) is 28.6 Å². The van der Waals surface area contributed by atoms with Gasteiger partial charge in [0.1, 0.15) is 0 Å². The number of hydrogen-bond donors (Lipinski definition) is 2. The largest absolute Gasteiger partial charge is 0.409 e. The number of rotatable bonds is 1. The van der Waals surface area contributed by atoms with Crippen molar-refractivity contribution in [2.75, 3.05) is 5.73 Å².